The summed E-state index contributed by atoms with van der Waals surface area (Å²) < 4.78 is 0. The number of rotatable bonds is 6. The first kappa shape index (κ1) is 16.1. The number of fused-ring (bicyclic) bond motifs is 1. The van der Waals surface area contributed by atoms with Gasteiger partial charge in [-0.15, -0.1) is 0 Å². The molecule has 0 atom stereocenters. The zero-order valence-electron chi connectivity index (χ0n) is 14.3. The number of hydrogen-bond donors (Lipinski definition) is 1. The SMILES string of the molecule is Cc1ccc2ncnc(NCCCCN3CCN(C)CC3)c2c1. The lowest BCUT2D eigenvalue weighted by molar-refractivity contribution is 0.152. The molecule has 5 heteroatoms. The molecule has 1 saturated heterocycles. The highest BCUT2D eigenvalue weighted by Crippen LogP contribution is 2.20. The van der Waals surface area contributed by atoms with Crippen molar-refractivity contribution >= 4 is 16.7 Å². The third-order valence-electron chi connectivity index (χ3n) is 4.58. The van der Waals surface area contributed by atoms with E-state index >= 15 is 0 Å². The van der Waals surface area contributed by atoms with Gasteiger partial charge in [-0.1, -0.05) is 11.6 Å². The minimum Gasteiger partial charge on any atom is -0.369 e. The molecule has 124 valence electrons. The predicted octanol–water partition coefficient (Wildman–Crippen LogP) is 2.38. The number of nitrogens with zero attached hydrogens (tertiary/aromatic N) is 4. The van der Waals surface area contributed by atoms with Crippen LogP contribution >= 0.6 is 0 Å². The van der Waals surface area contributed by atoms with Gasteiger partial charge in [0.25, 0.3) is 0 Å². The number of aryl methyl sites for hydroxylation is 1. The van der Waals surface area contributed by atoms with Crippen LogP contribution in [0.3, 0.4) is 0 Å². The van der Waals surface area contributed by atoms with Crippen molar-refractivity contribution in [1.29, 1.82) is 0 Å². The molecule has 0 bridgehead atoms. The van der Waals surface area contributed by atoms with Gasteiger partial charge in [-0.25, -0.2) is 9.97 Å². The first-order valence-electron chi connectivity index (χ1n) is 8.58. The summed E-state index contributed by atoms with van der Waals surface area (Å²) in [5, 5.41) is 4.60. The van der Waals surface area contributed by atoms with Gasteiger partial charge < -0.3 is 15.1 Å². The van der Waals surface area contributed by atoms with E-state index in [1.165, 1.54) is 51.1 Å². The molecule has 1 fully saturated rings. The average molecular weight is 313 g/mol. The lowest BCUT2D eigenvalue weighted by Gasteiger charge is -2.32. The van der Waals surface area contributed by atoms with Crippen molar-refractivity contribution in [1.82, 2.24) is 19.8 Å². The summed E-state index contributed by atoms with van der Waals surface area (Å²) in [5.74, 6) is 0.957. The normalized spacial score (nSPS) is 16.8. The van der Waals surface area contributed by atoms with Gasteiger partial charge >= 0.3 is 0 Å². The second-order valence-electron chi connectivity index (χ2n) is 6.52. The molecule has 0 amide bonds. The lowest BCUT2D eigenvalue weighted by Crippen LogP contribution is -2.44. The van der Waals surface area contributed by atoms with Gasteiger partial charge in [0, 0.05) is 38.1 Å². The quantitative estimate of drug-likeness (QED) is 0.830. The summed E-state index contributed by atoms with van der Waals surface area (Å²) in [7, 11) is 2.20. The highest BCUT2D eigenvalue weighted by Gasteiger charge is 2.12. The van der Waals surface area contributed by atoms with Gasteiger partial charge in [0.2, 0.25) is 0 Å². The summed E-state index contributed by atoms with van der Waals surface area (Å²) in [6.07, 6.45) is 4.05. The maximum atomic E-state index is 4.41. The summed E-state index contributed by atoms with van der Waals surface area (Å²) in [5.41, 5.74) is 2.25. The Morgan fingerprint density at radius 1 is 1.09 bits per heavy atom. The third kappa shape index (κ3) is 4.39. The molecule has 1 aromatic heterocycles. The molecule has 0 spiro atoms. The standard InChI is InChI=1S/C18H27N5/c1-15-5-6-17-16(13-15)18(21-14-20-17)19-7-3-4-8-23-11-9-22(2)10-12-23/h5-6,13-14H,3-4,7-12H2,1-2H3,(H,19,20,21). The molecule has 0 radical (unpaired) electrons. The third-order valence-corrected chi connectivity index (χ3v) is 4.58. The Hall–Kier alpha value is -1.72. The van der Waals surface area contributed by atoms with E-state index in [-0.39, 0.29) is 0 Å². The second-order valence-corrected chi connectivity index (χ2v) is 6.52. The Bertz CT molecular complexity index is 634. The molecule has 23 heavy (non-hydrogen) atoms. The van der Waals surface area contributed by atoms with Crippen molar-refractivity contribution in [3.63, 3.8) is 0 Å². The second kappa shape index (κ2) is 7.70. The van der Waals surface area contributed by atoms with Crippen LogP contribution in [0.5, 0.6) is 0 Å². The maximum absolute atomic E-state index is 4.41. The monoisotopic (exact) mass is 313 g/mol. The van der Waals surface area contributed by atoms with E-state index in [0.29, 0.717) is 0 Å². The van der Waals surface area contributed by atoms with E-state index in [2.05, 4.69) is 57.3 Å². The van der Waals surface area contributed by atoms with Crippen LogP contribution in [0.25, 0.3) is 10.9 Å². The number of likely N-dealkylation sites (N-methyl/N-ethyl adjacent to an activating group) is 1. The topological polar surface area (TPSA) is 44.3 Å². The smallest absolute Gasteiger partial charge is 0.137 e. The molecule has 3 rings (SSSR count). The fourth-order valence-corrected chi connectivity index (χ4v) is 3.05. The van der Waals surface area contributed by atoms with E-state index in [4.69, 9.17) is 0 Å². The van der Waals surface area contributed by atoms with Crippen molar-refractivity contribution in [2.45, 2.75) is 19.8 Å². The number of nitrogens with one attached hydrogen (secondary N) is 1. The van der Waals surface area contributed by atoms with E-state index in [1.807, 2.05) is 0 Å². The van der Waals surface area contributed by atoms with E-state index in [1.54, 1.807) is 6.33 Å². The number of hydrogen-bond acceptors (Lipinski definition) is 5. The van der Waals surface area contributed by atoms with Crippen LogP contribution in [-0.2, 0) is 0 Å². The number of anilines is 1. The van der Waals surface area contributed by atoms with Crippen molar-refractivity contribution in [2.24, 2.45) is 0 Å². The fraction of sp³-hybridized carbons (Fsp3) is 0.556. The molecule has 0 saturated carbocycles. The molecule has 5 nitrogen and oxygen atoms in total. The Morgan fingerprint density at radius 2 is 1.91 bits per heavy atom. The van der Waals surface area contributed by atoms with E-state index < -0.39 is 0 Å². The van der Waals surface area contributed by atoms with E-state index in [0.717, 1.165) is 23.3 Å². The minimum atomic E-state index is 0.957. The van der Waals surface area contributed by atoms with Gasteiger partial charge in [0.15, 0.2) is 0 Å². The molecule has 0 unspecified atom stereocenters. The van der Waals surface area contributed by atoms with Crippen molar-refractivity contribution in [3.8, 4) is 0 Å². The molecule has 1 N–H and O–H groups in total. The summed E-state index contributed by atoms with van der Waals surface area (Å²) in [6, 6.07) is 6.31. The zero-order valence-corrected chi connectivity index (χ0v) is 14.3. The van der Waals surface area contributed by atoms with Crippen LogP contribution in [0, 0.1) is 6.92 Å². The average Bonchev–Trinajstić information content (AvgIpc) is 2.56. The maximum Gasteiger partial charge on any atom is 0.137 e. The largest absolute Gasteiger partial charge is 0.369 e. The van der Waals surface area contributed by atoms with Gasteiger partial charge in [-0.3, -0.25) is 0 Å². The first-order valence-corrected chi connectivity index (χ1v) is 8.58. The summed E-state index contributed by atoms with van der Waals surface area (Å²) in [6.45, 7) is 9.09. The molecule has 1 aromatic carbocycles. The summed E-state index contributed by atoms with van der Waals surface area (Å²) in [4.78, 5) is 13.7. The first-order chi connectivity index (χ1) is 11.2. The molecular weight excluding hydrogens is 286 g/mol. The Balaban J connectivity index is 1.45. The van der Waals surface area contributed by atoms with E-state index in [9.17, 15) is 0 Å². The predicted molar refractivity (Wildman–Crippen MR) is 95.9 cm³/mol. The summed E-state index contributed by atoms with van der Waals surface area (Å²) >= 11 is 0. The number of benzene rings is 1. The molecule has 0 aliphatic carbocycles. The lowest BCUT2D eigenvalue weighted by atomic mass is 10.1. The van der Waals surface area contributed by atoms with Crippen LogP contribution < -0.4 is 5.32 Å². The molecule has 1 aliphatic rings. The van der Waals surface area contributed by atoms with Crippen LogP contribution in [0.1, 0.15) is 18.4 Å². The number of unbranched alkanes of at least 4 members (excludes halogenated alkanes) is 1. The van der Waals surface area contributed by atoms with Gasteiger partial charge in [-0.05, 0) is 45.5 Å². The number of aromatic nitrogens is 2. The Labute approximate surface area is 138 Å². The fourth-order valence-electron chi connectivity index (χ4n) is 3.05. The van der Waals surface area contributed by atoms with Crippen molar-refractivity contribution in [2.75, 3.05) is 51.6 Å². The minimum absolute atomic E-state index is 0.957. The van der Waals surface area contributed by atoms with Gasteiger partial charge in [0.1, 0.15) is 12.1 Å². The molecule has 2 aromatic rings. The van der Waals surface area contributed by atoms with Crippen molar-refractivity contribution in [3.05, 3.63) is 30.1 Å². The molecule has 1 aliphatic heterocycles. The van der Waals surface area contributed by atoms with Crippen LogP contribution in [0.2, 0.25) is 0 Å². The molecule has 2 heterocycles. The Kier molecular flexibility index (Phi) is 5.41. The van der Waals surface area contributed by atoms with Crippen LogP contribution in [0.15, 0.2) is 24.5 Å². The highest BCUT2D eigenvalue weighted by molar-refractivity contribution is 5.89. The van der Waals surface area contributed by atoms with Crippen LogP contribution in [0.4, 0.5) is 5.82 Å². The zero-order chi connectivity index (χ0) is 16.1. The Morgan fingerprint density at radius 3 is 2.74 bits per heavy atom. The van der Waals surface area contributed by atoms with Gasteiger partial charge in [-0.2, -0.15) is 0 Å². The molecular formula is C18H27N5. The number of piperazine rings is 1. The highest BCUT2D eigenvalue weighted by atomic mass is 15.2. The van der Waals surface area contributed by atoms with Gasteiger partial charge in [0.05, 0.1) is 5.52 Å². The van der Waals surface area contributed by atoms with Crippen molar-refractivity contribution < 1.29 is 0 Å². The van der Waals surface area contributed by atoms with Crippen LogP contribution in [-0.4, -0.2) is 66.1 Å².